The average Bonchev–Trinajstić information content (AvgIpc) is 2.88. The van der Waals surface area contributed by atoms with Crippen LogP contribution in [0.5, 0.6) is 0 Å². The Labute approximate surface area is 115 Å². The number of carbonyl (C=O) groups is 1. The van der Waals surface area contributed by atoms with Crippen LogP contribution < -0.4 is 10.6 Å². The molecule has 2 rings (SSSR count). The minimum absolute atomic E-state index is 0.0174. The van der Waals surface area contributed by atoms with Crippen LogP contribution >= 0.6 is 0 Å². The zero-order valence-electron chi connectivity index (χ0n) is 11.9. The predicted octanol–water partition coefficient (Wildman–Crippen LogP) is 2.00. The van der Waals surface area contributed by atoms with E-state index in [1.807, 2.05) is 18.2 Å². The number of nitrogens with zero attached hydrogens (tertiary/aromatic N) is 2. The molecule has 4 nitrogen and oxygen atoms in total. The van der Waals surface area contributed by atoms with Crippen molar-refractivity contribution in [1.29, 1.82) is 0 Å². The summed E-state index contributed by atoms with van der Waals surface area (Å²) in [5.74, 6) is 0.0174. The summed E-state index contributed by atoms with van der Waals surface area (Å²) in [5, 5.41) is 0. The fourth-order valence-electron chi connectivity index (χ4n) is 2.53. The van der Waals surface area contributed by atoms with Crippen molar-refractivity contribution in [1.82, 2.24) is 4.90 Å². The van der Waals surface area contributed by atoms with Crippen LogP contribution in [0.3, 0.4) is 0 Å². The van der Waals surface area contributed by atoms with Gasteiger partial charge in [-0.3, -0.25) is 4.79 Å². The Hall–Kier alpha value is -1.55. The van der Waals surface area contributed by atoms with Crippen molar-refractivity contribution < 1.29 is 4.79 Å². The van der Waals surface area contributed by atoms with Gasteiger partial charge in [0.15, 0.2) is 5.78 Å². The van der Waals surface area contributed by atoms with E-state index in [1.54, 1.807) is 6.92 Å². The fourth-order valence-corrected chi connectivity index (χ4v) is 2.53. The number of ketones is 1. The highest BCUT2D eigenvalue weighted by Gasteiger charge is 2.12. The summed E-state index contributed by atoms with van der Waals surface area (Å²) in [6.45, 7) is 6.06. The summed E-state index contributed by atoms with van der Waals surface area (Å²) in [6.07, 6.45) is 2.65. The molecule has 19 heavy (non-hydrogen) atoms. The van der Waals surface area contributed by atoms with Gasteiger partial charge in [-0.1, -0.05) is 0 Å². The minimum Gasteiger partial charge on any atom is -0.398 e. The first kappa shape index (κ1) is 13.9. The molecule has 0 unspecified atom stereocenters. The van der Waals surface area contributed by atoms with Crippen LogP contribution in [0.25, 0.3) is 0 Å². The van der Waals surface area contributed by atoms with Crippen molar-refractivity contribution >= 4 is 17.2 Å². The molecule has 1 aliphatic heterocycles. The quantitative estimate of drug-likeness (QED) is 0.650. The number of benzene rings is 1. The SMILES string of the molecule is CC(=O)c1ccc(N(C)CCN2CCCC2)cc1N. The van der Waals surface area contributed by atoms with E-state index in [4.69, 9.17) is 5.73 Å². The molecule has 1 heterocycles. The van der Waals surface area contributed by atoms with Crippen molar-refractivity contribution in [3.8, 4) is 0 Å². The number of rotatable bonds is 5. The number of hydrogen-bond donors (Lipinski definition) is 1. The maximum atomic E-state index is 11.3. The highest BCUT2D eigenvalue weighted by Crippen LogP contribution is 2.21. The van der Waals surface area contributed by atoms with E-state index in [9.17, 15) is 4.79 Å². The Kier molecular flexibility index (Phi) is 4.43. The van der Waals surface area contributed by atoms with Crippen molar-refractivity contribution in [3.63, 3.8) is 0 Å². The van der Waals surface area contributed by atoms with Crippen LogP contribution in [0, 0.1) is 0 Å². The first-order chi connectivity index (χ1) is 9.08. The van der Waals surface area contributed by atoms with Crippen molar-refractivity contribution in [2.75, 3.05) is 43.9 Å². The molecule has 1 aromatic rings. The molecule has 104 valence electrons. The summed E-state index contributed by atoms with van der Waals surface area (Å²) in [6, 6.07) is 5.68. The summed E-state index contributed by atoms with van der Waals surface area (Å²) < 4.78 is 0. The fraction of sp³-hybridized carbons (Fsp3) is 0.533. The smallest absolute Gasteiger partial charge is 0.161 e. The molecule has 1 aromatic carbocycles. The van der Waals surface area contributed by atoms with Crippen molar-refractivity contribution in [3.05, 3.63) is 23.8 Å². The molecule has 4 heteroatoms. The van der Waals surface area contributed by atoms with Crippen LogP contribution in [0.15, 0.2) is 18.2 Å². The van der Waals surface area contributed by atoms with Gasteiger partial charge in [-0.15, -0.1) is 0 Å². The standard InChI is InChI=1S/C15H23N3O/c1-12(19)14-6-5-13(11-15(14)16)17(2)9-10-18-7-3-4-8-18/h5-6,11H,3-4,7-10,16H2,1-2H3. The molecule has 0 bridgehead atoms. The third-order valence-corrected chi connectivity index (χ3v) is 3.81. The number of nitrogen functional groups attached to an aromatic ring is 1. The molecule has 0 aliphatic carbocycles. The highest BCUT2D eigenvalue weighted by molar-refractivity contribution is 5.99. The van der Waals surface area contributed by atoms with E-state index in [0.29, 0.717) is 11.3 Å². The minimum atomic E-state index is 0.0174. The van der Waals surface area contributed by atoms with Gasteiger partial charge in [0.25, 0.3) is 0 Å². The third kappa shape index (κ3) is 3.47. The Bertz CT molecular complexity index is 453. The van der Waals surface area contributed by atoms with Crippen molar-refractivity contribution in [2.45, 2.75) is 19.8 Å². The third-order valence-electron chi connectivity index (χ3n) is 3.81. The van der Waals surface area contributed by atoms with E-state index in [-0.39, 0.29) is 5.78 Å². The van der Waals surface area contributed by atoms with Crippen LogP contribution in [0.2, 0.25) is 0 Å². The van der Waals surface area contributed by atoms with Gasteiger partial charge in [0.1, 0.15) is 0 Å². The number of Topliss-reactive ketones (excluding diaryl/α,β-unsaturated/α-hetero) is 1. The molecular formula is C15H23N3O. The first-order valence-corrected chi connectivity index (χ1v) is 6.92. The lowest BCUT2D eigenvalue weighted by atomic mass is 10.1. The van der Waals surface area contributed by atoms with Crippen LogP contribution in [0.1, 0.15) is 30.1 Å². The molecule has 1 saturated heterocycles. The van der Waals surface area contributed by atoms with Crippen LogP contribution in [0.4, 0.5) is 11.4 Å². The van der Waals surface area contributed by atoms with Crippen LogP contribution in [-0.4, -0.2) is 43.9 Å². The first-order valence-electron chi connectivity index (χ1n) is 6.92. The summed E-state index contributed by atoms with van der Waals surface area (Å²) in [4.78, 5) is 16.0. The highest BCUT2D eigenvalue weighted by atomic mass is 16.1. The Morgan fingerprint density at radius 2 is 2.05 bits per heavy atom. The molecule has 1 aliphatic rings. The Morgan fingerprint density at radius 1 is 1.37 bits per heavy atom. The summed E-state index contributed by atoms with van der Waals surface area (Å²) in [5.41, 5.74) is 8.17. The second-order valence-corrected chi connectivity index (χ2v) is 5.30. The zero-order chi connectivity index (χ0) is 13.8. The second-order valence-electron chi connectivity index (χ2n) is 5.30. The molecule has 0 amide bonds. The van der Waals surface area contributed by atoms with E-state index in [0.717, 1.165) is 18.8 Å². The van der Waals surface area contributed by atoms with E-state index >= 15 is 0 Å². The molecular weight excluding hydrogens is 238 g/mol. The molecule has 2 N–H and O–H groups in total. The lowest BCUT2D eigenvalue weighted by Crippen LogP contribution is -2.31. The van der Waals surface area contributed by atoms with E-state index in [2.05, 4.69) is 16.8 Å². The van der Waals surface area contributed by atoms with Gasteiger partial charge < -0.3 is 15.5 Å². The largest absolute Gasteiger partial charge is 0.398 e. The lowest BCUT2D eigenvalue weighted by Gasteiger charge is -2.23. The summed E-state index contributed by atoms with van der Waals surface area (Å²) >= 11 is 0. The topological polar surface area (TPSA) is 49.6 Å². The number of anilines is 2. The number of likely N-dealkylation sites (tertiary alicyclic amines) is 1. The Balaban J connectivity index is 1.96. The number of carbonyl (C=O) groups excluding carboxylic acids is 1. The average molecular weight is 261 g/mol. The normalized spacial score (nSPS) is 15.7. The van der Waals surface area contributed by atoms with Gasteiger partial charge in [-0.05, 0) is 51.1 Å². The Morgan fingerprint density at radius 3 is 2.63 bits per heavy atom. The van der Waals surface area contributed by atoms with Crippen molar-refractivity contribution in [2.24, 2.45) is 0 Å². The molecule has 0 spiro atoms. The maximum absolute atomic E-state index is 11.3. The van der Waals surface area contributed by atoms with Gasteiger partial charge in [0.2, 0.25) is 0 Å². The molecule has 1 fully saturated rings. The van der Waals surface area contributed by atoms with Gasteiger partial charge >= 0.3 is 0 Å². The lowest BCUT2D eigenvalue weighted by molar-refractivity contribution is 0.101. The molecule has 0 aromatic heterocycles. The number of hydrogen-bond acceptors (Lipinski definition) is 4. The maximum Gasteiger partial charge on any atom is 0.161 e. The van der Waals surface area contributed by atoms with Gasteiger partial charge in [0, 0.05) is 37.1 Å². The molecule has 0 radical (unpaired) electrons. The number of nitrogens with two attached hydrogens (primary N) is 1. The monoisotopic (exact) mass is 261 g/mol. The predicted molar refractivity (Wildman–Crippen MR) is 79.8 cm³/mol. The molecule has 0 saturated carbocycles. The van der Waals surface area contributed by atoms with Crippen LogP contribution in [-0.2, 0) is 0 Å². The van der Waals surface area contributed by atoms with Gasteiger partial charge in [-0.2, -0.15) is 0 Å². The molecule has 0 atom stereocenters. The van der Waals surface area contributed by atoms with Gasteiger partial charge in [-0.25, -0.2) is 0 Å². The summed E-state index contributed by atoms with van der Waals surface area (Å²) in [7, 11) is 2.07. The second kappa shape index (κ2) is 6.06. The van der Waals surface area contributed by atoms with Gasteiger partial charge in [0.05, 0.1) is 0 Å². The van der Waals surface area contributed by atoms with E-state index < -0.39 is 0 Å². The number of likely N-dealkylation sites (N-methyl/N-ethyl adjacent to an activating group) is 1. The zero-order valence-corrected chi connectivity index (χ0v) is 11.9. The van der Waals surface area contributed by atoms with E-state index in [1.165, 1.54) is 25.9 Å².